The van der Waals surface area contributed by atoms with Gasteiger partial charge in [0.1, 0.15) is 12.4 Å². The Balaban J connectivity index is 2.42. The molecule has 1 N–H and O–H groups in total. The van der Waals surface area contributed by atoms with Crippen LogP contribution in [0.3, 0.4) is 0 Å². The van der Waals surface area contributed by atoms with Gasteiger partial charge in [-0.25, -0.2) is 13.2 Å². The standard InChI is InChI=1S/C9H5F3N2O/c10-5-1-4(2-6(11)8(5)12)9-13-3-7(15)14-9/h1-2H,3H2,(H,13,14,15). The van der Waals surface area contributed by atoms with Gasteiger partial charge in [-0.1, -0.05) is 0 Å². The SMILES string of the molecule is O=C1CN=C(c2cc(F)c(F)c(F)c2)N1. The second-order valence-corrected chi connectivity index (χ2v) is 2.97. The van der Waals surface area contributed by atoms with E-state index in [1.807, 2.05) is 0 Å². The minimum Gasteiger partial charge on any atom is -0.309 e. The number of amides is 1. The summed E-state index contributed by atoms with van der Waals surface area (Å²) in [6.45, 7) is -0.0874. The Morgan fingerprint density at radius 2 is 1.80 bits per heavy atom. The number of hydrogen-bond acceptors (Lipinski definition) is 2. The highest BCUT2D eigenvalue weighted by Gasteiger charge is 2.18. The Bertz CT molecular complexity index is 447. The summed E-state index contributed by atoms with van der Waals surface area (Å²) in [6, 6.07) is 1.56. The van der Waals surface area contributed by atoms with Crippen LogP contribution in [-0.2, 0) is 4.79 Å². The second kappa shape index (κ2) is 3.38. The van der Waals surface area contributed by atoms with Crippen LogP contribution in [0.2, 0.25) is 0 Å². The zero-order valence-corrected chi connectivity index (χ0v) is 7.35. The van der Waals surface area contributed by atoms with Gasteiger partial charge in [0.05, 0.1) is 0 Å². The molecule has 0 radical (unpaired) electrons. The van der Waals surface area contributed by atoms with E-state index in [0.717, 1.165) is 12.1 Å². The Kier molecular flexibility index (Phi) is 2.18. The van der Waals surface area contributed by atoms with E-state index < -0.39 is 17.5 Å². The molecule has 0 atom stereocenters. The molecule has 15 heavy (non-hydrogen) atoms. The quantitative estimate of drug-likeness (QED) is 0.695. The van der Waals surface area contributed by atoms with Crippen molar-refractivity contribution in [3.05, 3.63) is 35.1 Å². The fourth-order valence-electron chi connectivity index (χ4n) is 1.22. The summed E-state index contributed by atoms with van der Waals surface area (Å²) in [5.74, 6) is -4.47. The van der Waals surface area contributed by atoms with Crippen molar-refractivity contribution in [2.45, 2.75) is 0 Å². The van der Waals surface area contributed by atoms with E-state index in [2.05, 4.69) is 10.3 Å². The zero-order chi connectivity index (χ0) is 11.0. The average Bonchev–Trinajstić information content (AvgIpc) is 2.60. The van der Waals surface area contributed by atoms with Gasteiger partial charge in [-0.3, -0.25) is 9.79 Å². The third-order valence-corrected chi connectivity index (χ3v) is 1.90. The van der Waals surface area contributed by atoms with Gasteiger partial charge in [0.2, 0.25) is 5.91 Å². The smallest absolute Gasteiger partial charge is 0.247 e. The summed E-state index contributed by atoms with van der Waals surface area (Å²) in [5, 5.41) is 2.30. The van der Waals surface area contributed by atoms with Crippen LogP contribution < -0.4 is 5.32 Å². The highest BCUT2D eigenvalue weighted by Crippen LogP contribution is 2.14. The summed E-state index contributed by atoms with van der Waals surface area (Å²) in [6.07, 6.45) is 0. The lowest BCUT2D eigenvalue weighted by Crippen LogP contribution is -2.25. The molecule has 0 bridgehead atoms. The monoisotopic (exact) mass is 214 g/mol. The third-order valence-electron chi connectivity index (χ3n) is 1.90. The molecule has 0 spiro atoms. The van der Waals surface area contributed by atoms with Gasteiger partial charge >= 0.3 is 0 Å². The molecule has 0 unspecified atom stereocenters. The predicted molar refractivity (Wildman–Crippen MR) is 45.9 cm³/mol. The first kappa shape index (κ1) is 9.70. The molecule has 1 heterocycles. The van der Waals surface area contributed by atoms with E-state index in [1.54, 1.807) is 0 Å². The number of aliphatic imine (C=N–C) groups is 1. The van der Waals surface area contributed by atoms with E-state index >= 15 is 0 Å². The number of carbonyl (C=O) groups excluding carboxylic acids is 1. The van der Waals surface area contributed by atoms with Gasteiger partial charge in [-0.15, -0.1) is 0 Å². The minimum atomic E-state index is -1.54. The van der Waals surface area contributed by atoms with Crippen LogP contribution in [0.15, 0.2) is 17.1 Å². The highest BCUT2D eigenvalue weighted by atomic mass is 19.2. The van der Waals surface area contributed by atoms with Crippen molar-refractivity contribution >= 4 is 11.7 Å². The Hall–Kier alpha value is -1.85. The molecule has 1 aliphatic heterocycles. The number of amidine groups is 1. The van der Waals surface area contributed by atoms with Crippen molar-refractivity contribution < 1.29 is 18.0 Å². The molecule has 0 fully saturated rings. The van der Waals surface area contributed by atoms with Gasteiger partial charge in [-0.05, 0) is 12.1 Å². The van der Waals surface area contributed by atoms with Crippen LogP contribution in [-0.4, -0.2) is 18.3 Å². The van der Waals surface area contributed by atoms with Crippen molar-refractivity contribution in [3.8, 4) is 0 Å². The molecule has 3 nitrogen and oxygen atoms in total. The van der Waals surface area contributed by atoms with E-state index in [0.29, 0.717) is 0 Å². The molecule has 1 amide bonds. The van der Waals surface area contributed by atoms with Crippen molar-refractivity contribution in [2.75, 3.05) is 6.54 Å². The van der Waals surface area contributed by atoms with Gasteiger partial charge < -0.3 is 5.32 Å². The number of nitrogens with zero attached hydrogens (tertiary/aromatic N) is 1. The maximum Gasteiger partial charge on any atom is 0.247 e. The first-order chi connectivity index (χ1) is 7.08. The number of benzene rings is 1. The fourth-order valence-corrected chi connectivity index (χ4v) is 1.22. The van der Waals surface area contributed by atoms with Crippen LogP contribution >= 0.6 is 0 Å². The minimum absolute atomic E-state index is 0.0113. The average molecular weight is 214 g/mol. The fraction of sp³-hybridized carbons (Fsp3) is 0.111. The molecule has 0 saturated carbocycles. The van der Waals surface area contributed by atoms with Crippen molar-refractivity contribution in [1.29, 1.82) is 0 Å². The largest absolute Gasteiger partial charge is 0.309 e. The molecule has 78 valence electrons. The van der Waals surface area contributed by atoms with Crippen LogP contribution in [0.5, 0.6) is 0 Å². The van der Waals surface area contributed by atoms with Crippen molar-refractivity contribution in [3.63, 3.8) is 0 Å². The predicted octanol–water partition coefficient (Wildman–Crippen LogP) is 0.980. The summed E-state index contributed by atoms with van der Waals surface area (Å²) in [7, 11) is 0. The van der Waals surface area contributed by atoms with Crippen molar-refractivity contribution in [2.24, 2.45) is 4.99 Å². The number of hydrogen-bond donors (Lipinski definition) is 1. The zero-order valence-electron chi connectivity index (χ0n) is 7.35. The summed E-state index contributed by atoms with van der Waals surface area (Å²) >= 11 is 0. The lowest BCUT2D eigenvalue weighted by molar-refractivity contribution is -0.117. The number of halogens is 3. The van der Waals surface area contributed by atoms with Gasteiger partial charge in [0.15, 0.2) is 17.5 Å². The molecule has 1 aliphatic rings. The van der Waals surface area contributed by atoms with E-state index in [9.17, 15) is 18.0 Å². The van der Waals surface area contributed by atoms with E-state index in [-0.39, 0.29) is 23.9 Å². The molecule has 6 heteroatoms. The Labute approximate surface area is 82.6 Å². The van der Waals surface area contributed by atoms with Gasteiger partial charge in [0, 0.05) is 5.56 Å². The molecule has 0 aliphatic carbocycles. The van der Waals surface area contributed by atoms with Crippen LogP contribution in [0.1, 0.15) is 5.56 Å². The molecular weight excluding hydrogens is 209 g/mol. The first-order valence-electron chi connectivity index (χ1n) is 4.07. The summed E-state index contributed by atoms with van der Waals surface area (Å²) in [4.78, 5) is 14.5. The van der Waals surface area contributed by atoms with E-state index in [4.69, 9.17) is 0 Å². The molecular formula is C9H5F3N2O. The Morgan fingerprint density at radius 3 is 2.27 bits per heavy atom. The summed E-state index contributed by atoms with van der Waals surface area (Å²) in [5.41, 5.74) is 0.0113. The number of nitrogens with one attached hydrogen (secondary N) is 1. The number of carbonyl (C=O) groups is 1. The highest BCUT2D eigenvalue weighted by molar-refractivity contribution is 6.12. The molecule has 2 rings (SSSR count). The van der Waals surface area contributed by atoms with Gasteiger partial charge in [0.25, 0.3) is 0 Å². The van der Waals surface area contributed by atoms with Crippen LogP contribution in [0.4, 0.5) is 13.2 Å². The molecule has 1 aromatic carbocycles. The maximum atomic E-state index is 12.8. The third kappa shape index (κ3) is 1.70. The maximum absolute atomic E-state index is 12.8. The molecule has 1 aromatic rings. The summed E-state index contributed by atoms with van der Waals surface area (Å²) < 4.78 is 38.2. The lowest BCUT2D eigenvalue weighted by atomic mass is 10.2. The molecule has 0 aromatic heterocycles. The Morgan fingerprint density at radius 1 is 1.20 bits per heavy atom. The second-order valence-electron chi connectivity index (χ2n) is 2.97. The topological polar surface area (TPSA) is 41.5 Å². The van der Waals surface area contributed by atoms with Crippen LogP contribution in [0.25, 0.3) is 0 Å². The normalized spacial score (nSPS) is 15.1. The molecule has 0 saturated heterocycles. The van der Waals surface area contributed by atoms with Crippen LogP contribution in [0, 0.1) is 17.5 Å². The van der Waals surface area contributed by atoms with Crippen molar-refractivity contribution in [1.82, 2.24) is 5.32 Å². The first-order valence-corrected chi connectivity index (χ1v) is 4.07. The van der Waals surface area contributed by atoms with E-state index in [1.165, 1.54) is 0 Å². The number of rotatable bonds is 1. The van der Waals surface area contributed by atoms with Gasteiger partial charge in [-0.2, -0.15) is 0 Å². The lowest BCUT2D eigenvalue weighted by Gasteiger charge is -2.02.